The third-order valence-electron chi connectivity index (χ3n) is 2.31. The first kappa shape index (κ1) is 11.4. The number of carbonyl (C=O) groups is 1. The summed E-state index contributed by atoms with van der Waals surface area (Å²) in [6, 6.07) is 9.37. The molecule has 0 unspecified atom stereocenters. The van der Waals surface area contributed by atoms with E-state index >= 15 is 0 Å². The smallest absolute Gasteiger partial charge is 0.319 e. The Morgan fingerprint density at radius 1 is 1.24 bits per heavy atom. The highest BCUT2D eigenvalue weighted by molar-refractivity contribution is 6.00. The number of nitrogens with zero attached hydrogens (tertiary/aromatic N) is 1. The summed E-state index contributed by atoms with van der Waals surface area (Å²) >= 11 is 0. The summed E-state index contributed by atoms with van der Waals surface area (Å²) in [4.78, 5) is 15.9. The molecule has 0 spiro atoms. The van der Waals surface area contributed by atoms with Crippen LogP contribution in [0.2, 0.25) is 0 Å². The molecule has 0 saturated heterocycles. The van der Waals surface area contributed by atoms with Crippen LogP contribution in [0.1, 0.15) is 13.8 Å². The summed E-state index contributed by atoms with van der Waals surface area (Å²) in [6.07, 6.45) is 1.74. The van der Waals surface area contributed by atoms with Gasteiger partial charge in [0.25, 0.3) is 0 Å². The lowest BCUT2D eigenvalue weighted by Crippen LogP contribution is -2.34. The van der Waals surface area contributed by atoms with Crippen molar-refractivity contribution >= 4 is 22.6 Å². The van der Waals surface area contributed by atoms with Crippen molar-refractivity contribution in [1.29, 1.82) is 0 Å². The molecule has 2 aromatic rings. The van der Waals surface area contributed by atoms with Gasteiger partial charge in [0, 0.05) is 17.6 Å². The molecule has 1 aromatic heterocycles. The highest BCUT2D eigenvalue weighted by Crippen LogP contribution is 2.20. The molecule has 0 aliphatic carbocycles. The van der Waals surface area contributed by atoms with Crippen LogP contribution >= 0.6 is 0 Å². The summed E-state index contributed by atoms with van der Waals surface area (Å²) in [5.74, 6) is 0. The first-order valence-corrected chi connectivity index (χ1v) is 5.58. The fourth-order valence-electron chi connectivity index (χ4n) is 1.63. The van der Waals surface area contributed by atoms with Crippen LogP contribution in [0.25, 0.3) is 10.9 Å². The van der Waals surface area contributed by atoms with Crippen molar-refractivity contribution in [1.82, 2.24) is 10.3 Å². The third-order valence-corrected chi connectivity index (χ3v) is 2.31. The maximum Gasteiger partial charge on any atom is 0.319 e. The Morgan fingerprint density at radius 2 is 2.06 bits per heavy atom. The fourth-order valence-corrected chi connectivity index (χ4v) is 1.63. The Hall–Kier alpha value is -2.10. The minimum Gasteiger partial charge on any atom is -0.336 e. The molecular formula is C13H15N3O. The van der Waals surface area contributed by atoms with Crippen molar-refractivity contribution < 1.29 is 4.79 Å². The second-order valence-corrected chi connectivity index (χ2v) is 4.13. The number of anilines is 1. The number of urea groups is 1. The van der Waals surface area contributed by atoms with E-state index in [-0.39, 0.29) is 12.1 Å². The quantitative estimate of drug-likeness (QED) is 0.832. The van der Waals surface area contributed by atoms with Crippen LogP contribution in [-0.4, -0.2) is 17.1 Å². The van der Waals surface area contributed by atoms with Crippen LogP contribution < -0.4 is 10.6 Å². The Labute approximate surface area is 100 Å². The number of amides is 2. The number of carbonyl (C=O) groups excluding carboxylic acids is 1. The van der Waals surface area contributed by atoms with Crippen LogP contribution in [0, 0.1) is 0 Å². The van der Waals surface area contributed by atoms with E-state index in [1.54, 1.807) is 6.20 Å². The minimum atomic E-state index is -0.198. The molecule has 0 aliphatic rings. The number of rotatable bonds is 2. The molecule has 4 heteroatoms. The second-order valence-electron chi connectivity index (χ2n) is 4.13. The van der Waals surface area contributed by atoms with E-state index in [1.165, 1.54) is 0 Å². The lowest BCUT2D eigenvalue weighted by atomic mass is 10.2. The van der Waals surface area contributed by atoms with Crippen molar-refractivity contribution in [2.24, 2.45) is 0 Å². The van der Waals surface area contributed by atoms with Gasteiger partial charge in [0.05, 0.1) is 11.2 Å². The average Bonchev–Trinajstić information content (AvgIpc) is 2.28. The maximum atomic E-state index is 11.6. The Kier molecular flexibility index (Phi) is 3.23. The molecule has 2 amide bonds. The second kappa shape index (κ2) is 4.82. The molecule has 2 N–H and O–H groups in total. The number of benzene rings is 1. The van der Waals surface area contributed by atoms with E-state index in [4.69, 9.17) is 0 Å². The van der Waals surface area contributed by atoms with Gasteiger partial charge < -0.3 is 10.6 Å². The number of hydrogen-bond donors (Lipinski definition) is 2. The predicted molar refractivity (Wildman–Crippen MR) is 69.0 cm³/mol. The van der Waals surface area contributed by atoms with Crippen molar-refractivity contribution in [3.8, 4) is 0 Å². The molecule has 88 valence electrons. The normalized spacial score (nSPS) is 10.5. The summed E-state index contributed by atoms with van der Waals surface area (Å²) in [7, 11) is 0. The van der Waals surface area contributed by atoms with Crippen LogP contribution in [0.5, 0.6) is 0 Å². The van der Waals surface area contributed by atoms with Crippen molar-refractivity contribution in [2.75, 3.05) is 5.32 Å². The van der Waals surface area contributed by atoms with E-state index in [0.717, 1.165) is 16.6 Å². The molecule has 0 saturated carbocycles. The van der Waals surface area contributed by atoms with Crippen LogP contribution in [-0.2, 0) is 0 Å². The predicted octanol–water partition coefficient (Wildman–Crippen LogP) is 2.76. The maximum absolute atomic E-state index is 11.6. The fraction of sp³-hybridized carbons (Fsp3) is 0.231. The van der Waals surface area contributed by atoms with Gasteiger partial charge in [-0.1, -0.05) is 6.07 Å². The van der Waals surface area contributed by atoms with Gasteiger partial charge in [-0.2, -0.15) is 0 Å². The van der Waals surface area contributed by atoms with E-state index in [1.807, 2.05) is 44.2 Å². The largest absolute Gasteiger partial charge is 0.336 e. The lowest BCUT2D eigenvalue weighted by Gasteiger charge is -2.11. The minimum absolute atomic E-state index is 0.114. The van der Waals surface area contributed by atoms with Crippen molar-refractivity contribution in [3.63, 3.8) is 0 Å². The van der Waals surface area contributed by atoms with Crippen LogP contribution in [0.3, 0.4) is 0 Å². The highest BCUT2D eigenvalue weighted by atomic mass is 16.2. The first-order chi connectivity index (χ1) is 8.16. The molecule has 1 aromatic carbocycles. The molecule has 2 rings (SSSR count). The molecule has 4 nitrogen and oxygen atoms in total. The van der Waals surface area contributed by atoms with E-state index in [2.05, 4.69) is 15.6 Å². The van der Waals surface area contributed by atoms with Gasteiger partial charge in [-0.25, -0.2) is 4.79 Å². The summed E-state index contributed by atoms with van der Waals surface area (Å²) < 4.78 is 0. The average molecular weight is 229 g/mol. The molecule has 0 fully saturated rings. The molecular weight excluding hydrogens is 214 g/mol. The topological polar surface area (TPSA) is 54.0 Å². The Balaban J connectivity index is 2.27. The zero-order valence-electron chi connectivity index (χ0n) is 9.90. The molecule has 1 heterocycles. The summed E-state index contributed by atoms with van der Waals surface area (Å²) in [5.41, 5.74) is 1.64. The van der Waals surface area contributed by atoms with Crippen molar-refractivity contribution in [2.45, 2.75) is 19.9 Å². The SMILES string of the molecule is CC(C)NC(=O)Nc1cccc2ncccc12. The summed E-state index contributed by atoms with van der Waals surface area (Å²) in [5, 5.41) is 6.55. The van der Waals surface area contributed by atoms with Crippen LogP contribution in [0.15, 0.2) is 36.5 Å². The van der Waals surface area contributed by atoms with Gasteiger partial charge >= 0.3 is 6.03 Å². The molecule has 0 atom stereocenters. The zero-order chi connectivity index (χ0) is 12.3. The van der Waals surface area contributed by atoms with Crippen LogP contribution in [0.4, 0.5) is 10.5 Å². The monoisotopic (exact) mass is 229 g/mol. The Bertz CT molecular complexity index is 532. The number of pyridine rings is 1. The number of fused-ring (bicyclic) bond motifs is 1. The third kappa shape index (κ3) is 2.72. The molecule has 0 bridgehead atoms. The van der Waals surface area contributed by atoms with Gasteiger partial charge in [-0.05, 0) is 38.1 Å². The molecule has 0 aliphatic heterocycles. The van der Waals surface area contributed by atoms with Gasteiger partial charge in [0.15, 0.2) is 0 Å². The van der Waals surface area contributed by atoms with E-state index in [9.17, 15) is 4.79 Å². The van der Waals surface area contributed by atoms with Crippen molar-refractivity contribution in [3.05, 3.63) is 36.5 Å². The van der Waals surface area contributed by atoms with Gasteiger partial charge in [0.1, 0.15) is 0 Å². The molecule has 17 heavy (non-hydrogen) atoms. The number of hydrogen-bond acceptors (Lipinski definition) is 2. The van der Waals surface area contributed by atoms with E-state index < -0.39 is 0 Å². The standard InChI is InChI=1S/C13H15N3O/c1-9(2)15-13(17)16-12-7-3-6-11-10(12)5-4-8-14-11/h3-9H,1-2H3,(H2,15,16,17). The van der Waals surface area contributed by atoms with Gasteiger partial charge in [-0.15, -0.1) is 0 Å². The molecule has 0 radical (unpaired) electrons. The highest BCUT2D eigenvalue weighted by Gasteiger charge is 2.06. The lowest BCUT2D eigenvalue weighted by molar-refractivity contribution is 0.250. The number of aromatic nitrogens is 1. The Morgan fingerprint density at radius 3 is 2.82 bits per heavy atom. The summed E-state index contributed by atoms with van der Waals surface area (Å²) in [6.45, 7) is 3.84. The first-order valence-electron chi connectivity index (χ1n) is 5.58. The number of nitrogens with one attached hydrogen (secondary N) is 2. The van der Waals surface area contributed by atoms with Gasteiger partial charge in [-0.3, -0.25) is 4.98 Å². The zero-order valence-corrected chi connectivity index (χ0v) is 9.90. The van der Waals surface area contributed by atoms with Gasteiger partial charge in [0.2, 0.25) is 0 Å². The van der Waals surface area contributed by atoms with E-state index in [0.29, 0.717) is 0 Å².